The monoisotopic (exact) mass is 400 g/mol. The maximum Gasteiger partial charge on any atom is 0.253 e. The molecule has 0 unspecified atom stereocenters. The van der Waals surface area contributed by atoms with Gasteiger partial charge in [0.15, 0.2) is 5.82 Å². The van der Waals surface area contributed by atoms with Crippen LogP contribution in [0.4, 0.5) is 4.39 Å². The lowest BCUT2D eigenvalue weighted by Gasteiger charge is -2.34. The molecule has 0 saturated carbocycles. The Morgan fingerprint density at radius 2 is 1.86 bits per heavy atom. The van der Waals surface area contributed by atoms with E-state index in [1.54, 1.807) is 36.4 Å². The van der Waals surface area contributed by atoms with Gasteiger partial charge in [-0.05, 0) is 46.8 Å². The Morgan fingerprint density at radius 3 is 2.61 bits per heavy atom. The van der Waals surface area contributed by atoms with Crippen molar-refractivity contribution in [2.75, 3.05) is 26.2 Å². The second-order valence-electron chi connectivity index (χ2n) is 6.57. The molecule has 2 heterocycles. The Morgan fingerprint density at radius 1 is 1.07 bits per heavy atom. The van der Waals surface area contributed by atoms with Gasteiger partial charge in [-0.2, -0.15) is 4.68 Å². The summed E-state index contributed by atoms with van der Waals surface area (Å²) in [6.07, 6.45) is 0. The van der Waals surface area contributed by atoms with Crippen molar-refractivity contribution in [2.45, 2.75) is 6.54 Å². The Hall–Kier alpha value is -2.84. The van der Waals surface area contributed by atoms with Crippen LogP contribution in [0.3, 0.4) is 0 Å². The Bertz CT molecular complexity index is 986. The van der Waals surface area contributed by atoms with Crippen LogP contribution in [0.2, 0.25) is 5.02 Å². The zero-order valence-corrected chi connectivity index (χ0v) is 15.8. The fourth-order valence-electron chi connectivity index (χ4n) is 3.23. The van der Waals surface area contributed by atoms with E-state index in [9.17, 15) is 9.18 Å². The van der Waals surface area contributed by atoms with E-state index in [2.05, 4.69) is 20.4 Å². The van der Waals surface area contributed by atoms with Crippen molar-refractivity contribution >= 4 is 17.5 Å². The van der Waals surface area contributed by atoms with Gasteiger partial charge in [0, 0.05) is 36.8 Å². The summed E-state index contributed by atoms with van der Waals surface area (Å²) in [5.74, 6) is 0.263. The molecule has 28 heavy (non-hydrogen) atoms. The van der Waals surface area contributed by atoms with E-state index in [0.29, 0.717) is 54.8 Å². The number of aromatic nitrogens is 4. The van der Waals surface area contributed by atoms with Crippen molar-refractivity contribution in [3.8, 4) is 5.69 Å². The molecule has 0 spiro atoms. The number of tetrazole rings is 1. The van der Waals surface area contributed by atoms with E-state index in [4.69, 9.17) is 11.6 Å². The van der Waals surface area contributed by atoms with Gasteiger partial charge >= 0.3 is 0 Å². The molecule has 1 saturated heterocycles. The summed E-state index contributed by atoms with van der Waals surface area (Å²) < 4.78 is 15.0. The Kier molecular flexibility index (Phi) is 5.31. The summed E-state index contributed by atoms with van der Waals surface area (Å²) in [5, 5.41) is 12.3. The van der Waals surface area contributed by atoms with Crippen LogP contribution >= 0.6 is 11.6 Å². The number of amides is 1. The minimum absolute atomic E-state index is 0.0215. The lowest BCUT2D eigenvalue weighted by Crippen LogP contribution is -2.48. The minimum atomic E-state index is -0.341. The fourth-order valence-corrected chi connectivity index (χ4v) is 3.42. The van der Waals surface area contributed by atoms with E-state index in [0.717, 1.165) is 0 Å². The van der Waals surface area contributed by atoms with E-state index in [-0.39, 0.29) is 11.7 Å². The summed E-state index contributed by atoms with van der Waals surface area (Å²) in [4.78, 5) is 16.6. The number of carbonyl (C=O) groups excluding carboxylic acids is 1. The zero-order valence-electron chi connectivity index (χ0n) is 15.0. The number of piperazine rings is 1. The highest BCUT2D eigenvalue weighted by atomic mass is 35.5. The van der Waals surface area contributed by atoms with Crippen molar-refractivity contribution in [1.82, 2.24) is 30.0 Å². The zero-order chi connectivity index (χ0) is 19.5. The van der Waals surface area contributed by atoms with E-state index < -0.39 is 0 Å². The molecule has 7 nitrogen and oxygen atoms in total. The van der Waals surface area contributed by atoms with Crippen molar-refractivity contribution in [3.63, 3.8) is 0 Å². The summed E-state index contributed by atoms with van der Waals surface area (Å²) in [6.45, 7) is 3.12. The molecule has 0 aliphatic carbocycles. The molecule has 0 radical (unpaired) electrons. The maximum absolute atomic E-state index is 13.5. The molecular formula is C19H18ClFN6O. The average Bonchev–Trinajstić information content (AvgIpc) is 3.16. The van der Waals surface area contributed by atoms with Gasteiger partial charge in [-0.1, -0.05) is 23.7 Å². The first-order valence-electron chi connectivity index (χ1n) is 8.90. The van der Waals surface area contributed by atoms with Gasteiger partial charge in [-0.15, -0.1) is 5.10 Å². The highest BCUT2D eigenvalue weighted by Gasteiger charge is 2.23. The summed E-state index contributed by atoms with van der Waals surface area (Å²) in [7, 11) is 0. The lowest BCUT2D eigenvalue weighted by atomic mass is 10.2. The third kappa shape index (κ3) is 4.02. The standard InChI is InChI=1S/C19H18ClFN6O/c20-15-4-1-3-14(11-15)19(28)26-9-7-25(8-10-26)13-18-22-23-24-27(18)17-6-2-5-16(21)12-17/h1-6,11-12H,7-10,13H2. The number of halogens is 2. The van der Waals surface area contributed by atoms with Crippen LogP contribution in [0.15, 0.2) is 48.5 Å². The molecule has 1 fully saturated rings. The highest BCUT2D eigenvalue weighted by molar-refractivity contribution is 6.30. The van der Waals surface area contributed by atoms with Gasteiger partial charge < -0.3 is 4.90 Å². The van der Waals surface area contributed by atoms with Gasteiger partial charge in [-0.3, -0.25) is 9.69 Å². The van der Waals surface area contributed by atoms with Crippen LogP contribution < -0.4 is 0 Å². The van der Waals surface area contributed by atoms with Crippen LogP contribution in [0, 0.1) is 5.82 Å². The van der Waals surface area contributed by atoms with Crippen molar-refractivity contribution in [1.29, 1.82) is 0 Å². The molecule has 0 N–H and O–H groups in total. The van der Waals surface area contributed by atoms with Gasteiger partial charge in [0.05, 0.1) is 12.2 Å². The third-order valence-electron chi connectivity index (χ3n) is 4.68. The smallest absolute Gasteiger partial charge is 0.253 e. The molecule has 144 valence electrons. The third-order valence-corrected chi connectivity index (χ3v) is 4.92. The number of carbonyl (C=O) groups is 1. The van der Waals surface area contributed by atoms with E-state index in [1.165, 1.54) is 16.8 Å². The first-order chi connectivity index (χ1) is 13.6. The largest absolute Gasteiger partial charge is 0.336 e. The molecule has 9 heteroatoms. The summed E-state index contributed by atoms with van der Waals surface area (Å²) >= 11 is 5.98. The SMILES string of the molecule is O=C(c1cccc(Cl)c1)N1CCN(Cc2nnnn2-c2cccc(F)c2)CC1. The second kappa shape index (κ2) is 8.04. The molecule has 1 aromatic heterocycles. The highest BCUT2D eigenvalue weighted by Crippen LogP contribution is 2.16. The van der Waals surface area contributed by atoms with Gasteiger partial charge in [0.25, 0.3) is 5.91 Å². The maximum atomic E-state index is 13.5. The topological polar surface area (TPSA) is 67.2 Å². The minimum Gasteiger partial charge on any atom is -0.336 e. The van der Waals surface area contributed by atoms with Gasteiger partial charge in [-0.25, -0.2) is 4.39 Å². The molecule has 3 aromatic rings. The number of hydrogen-bond acceptors (Lipinski definition) is 5. The van der Waals surface area contributed by atoms with Crippen molar-refractivity contribution < 1.29 is 9.18 Å². The van der Waals surface area contributed by atoms with Crippen LogP contribution in [0.1, 0.15) is 16.2 Å². The number of hydrogen-bond donors (Lipinski definition) is 0. The fraction of sp³-hybridized carbons (Fsp3) is 0.263. The molecule has 0 atom stereocenters. The number of nitrogens with zero attached hydrogens (tertiary/aromatic N) is 6. The first-order valence-corrected chi connectivity index (χ1v) is 9.28. The van der Waals surface area contributed by atoms with Gasteiger partial charge in [0.2, 0.25) is 0 Å². The molecule has 4 rings (SSSR count). The number of rotatable bonds is 4. The normalized spacial score (nSPS) is 15.0. The first kappa shape index (κ1) is 18.5. The van der Waals surface area contributed by atoms with Crippen LogP contribution in [0.25, 0.3) is 5.69 Å². The van der Waals surface area contributed by atoms with E-state index in [1.807, 2.05) is 4.90 Å². The lowest BCUT2D eigenvalue weighted by molar-refractivity contribution is 0.0624. The number of benzene rings is 2. The molecule has 1 aliphatic rings. The van der Waals surface area contributed by atoms with Gasteiger partial charge in [0.1, 0.15) is 5.82 Å². The Balaban J connectivity index is 1.39. The summed E-state index contributed by atoms with van der Waals surface area (Å²) in [6, 6.07) is 13.1. The molecule has 1 amide bonds. The Labute approximate surface area is 166 Å². The van der Waals surface area contributed by atoms with Crippen LogP contribution in [0.5, 0.6) is 0 Å². The van der Waals surface area contributed by atoms with Crippen LogP contribution in [-0.2, 0) is 6.54 Å². The summed E-state index contributed by atoms with van der Waals surface area (Å²) in [5.41, 5.74) is 1.17. The predicted octanol–water partition coefficient (Wildman–Crippen LogP) is 2.41. The molecule has 0 bridgehead atoms. The second-order valence-corrected chi connectivity index (χ2v) is 7.00. The predicted molar refractivity (Wildman–Crippen MR) is 102 cm³/mol. The van der Waals surface area contributed by atoms with Crippen molar-refractivity contribution in [2.24, 2.45) is 0 Å². The quantitative estimate of drug-likeness (QED) is 0.672. The van der Waals surface area contributed by atoms with Crippen molar-refractivity contribution in [3.05, 3.63) is 70.8 Å². The molecule has 2 aromatic carbocycles. The molecule has 1 aliphatic heterocycles. The average molecular weight is 401 g/mol. The van der Waals surface area contributed by atoms with Crippen LogP contribution in [-0.4, -0.2) is 62.1 Å². The molecular weight excluding hydrogens is 383 g/mol. The van der Waals surface area contributed by atoms with E-state index >= 15 is 0 Å².